The molecule has 18 heavy (non-hydrogen) atoms. The van der Waals surface area contributed by atoms with E-state index in [0.717, 1.165) is 18.4 Å². The molecule has 3 unspecified atom stereocenters. The van der Waals surface area contributed by atoms with Crippen molar-refractivity contribution in [2.75, 3.05) is 0 Å². The van der Waals surface area contributed by atoms with Gasteiger partial charge in [0.25, 0.3) is 5.56 Å². The molecular weight excluding hydrogens is 226 g/mol. The van der Waals surface area contributed by atoms with E-state index in [4.69, 9.17) is 0 Å². The maximum absolute atomic E-state index is 12.2. The summed E-state index contributed by atoms with van der Waals surface area (Å²) >= 11 is 0. The molecule has 100 valence electrons. The summed E-state index contributed by atoms with van der Waals surface area (Å²) in [6.45, 7) is 6.26. The number of hydrogen-bond acceptors (Lipinski definition) is 2. The zero-order valence-electron chi connectivity index (χ0n) is 11.5. The third-order valence-corrected chi connectivity index (χ3v) is 4.22. The Hall–Kier alpha value is -1.09. The third kappa shape index (κ3) is 2.51. The average molecular weight is 249 g/mol. The van der Waals surface area contributed by atoms with Crippen molar-refractivity contribution in [3.8, 4) is 0 Å². The summed E-state index contributed by atoms with van der Waals surface area (Å²) < 4.78 is 1.84. The van der Waals surface area contributed by atoms with Gasteiger partial charge in [-0.1, -0.05) is 19.9 Å². The lowest BCUT2D eigenvalue weighted by Gasteiger charge is -2.37. The normalized spacial score (nSPS) is 28.6. The molecule has 0 saturated heterocycles. The van der Waals surface area contributed by atoms with Crippen LogP contribution in [0.3, 0.4) is 0 Å². The molecule has 1 saturated carbocycles. The van der Waals surface area contributed by atoms with Crippen molar-refractivity contribution < 1.29 is 5.11 Å². The van der Waals surface area contributed by atoms with Crippen molar-refractivity contribution in [3.63, 3.8) is 0 Å². The second kappa shape index (κ2) is 5.27. The minimum atomic E-state index is -0.266. The van der Waals surface area contributed by atoms with Crippen LogP contribution in [-0.2, 0) is 0 Å². The lowest BCUT2D eigenvalue weighted by atomic mass is 9.76. The molecule has 1 aliphatic carbocycles. The molecular formula is C15H23NO2. The molecule has 0 bridgehead atoms. The molecule has 3 atom stereocenters. The SMILES string of the molecule is Cc1cccn(C2CC(O)CCC2C(C)C)c1=O. The number of pyridine rings is 1. The number of aryl methyl sites for hydroxylation is 1. The fourth-order valence-electron chi connectivity index (χ4n) is 3.13. The van der Waals surface area contributed by atoms with E-state index in [1.165, 1.54) is 0 Å². The van der Waals surface area contributed by atoms with Gasteiger partial charge in [-0.2, -0.15) is 0 Å². The zero-order valence-corrected chi connectivity index (χ0v) is 11.5. The van der Waals surface area contributed by atoms with Gasteiger partial charge in [0.05, 0.1) is 6.10 Å². The fraction of sp³-hybridized carbons (Fsp3) is 0.667. The molecule has 1 N–H and O–H groups in total. The van der Waals surface area contributed by atoms with Crippen LogP contribution in [0.25, 0.3) is 0 Å². The lowest BCUT2D eigenvalue weighted by Crippen LogP contribution is -2.38. The van der Waals surface area contributed by atoms with E-state index < -0.39 is 0 Å². The van der Waals surface area contributed by atoms with Crippen molar-refractivity contribution >= 4 is 0 Å². The Labute approximate surface area is 108 Å². The smallest absolute Gasteiger partial charge is 0.253 e. The van der Waals surface area contributed by atoms with E-state index in [0.29, 0.717) is 18.3 Å². The Morgan fingerprint density at radius 3 is 2.78 bits per heavy atom. The molecule has 1 aromatic rings. The topological polar surface area (TPSA) is 42.2 Å². The molecule has 1 fully saturated rings. The summed E-state index contributed by atoms with van der Waals surface area (Å²) in [7, 11) is 0. The Morgan fingerprint density at radius 1 is 1.39 bits per heavy atom. The molecule has 0 radical (unpaired) electrons. The highest BCUT2D eigenvalue weighted by Crippen LogP contribution is 2.37. The van der Waals surface area contributed by atoms with Gasteiger partial charge in [0.15, 0.2) is 0 Å². The van der Waals surface area contributed by atoms with E-state index in [1.807, 2.05) is 29.8 Å². The van der Waals surface area contributed by atoms with Crippen LogP contribution < -0.4 is 5.56 Å². The molecule has 0 aromatic carbocycles. The van der Waals surface area contributed by atoms with Gasteiger partial charge in [0, 0.05) is 17.8 Å². The van der Waals surface area contributed by atoms with Gasteiger partial charge in [-0.15, -0.1) is 0 Å². The Morgan fingerprint density at radius 2 is 2.11 bits per heavy atom. The highest BCUT2D eigenvalue weighted by Gasteiger charge is 2.33. The minimum Gasteiger partial charge on any atom is -0.393 e. The van der Waals surface area contributed by atoms with Gasteiger partial charge in [0.2, 0.25) is 0 Å². The number of aliphatic hydroxyl groups excluding tert-OH is 1. The molecule has 3 heteroatoms. The van der Waals surface area contributed by atoms with E-state index in [2.05, 4.69) is 13.8 Å². The number of aromatic nitrogens is 1. The van der Waals surface area contributed by atoms with Gasteiger partial charge >= 0.3 is 0 Å². The lowest BCUT2D eigenvalue weighted by molar-refractivity contribution is 0.0555. The van der Waals surface area contributed by atoms with Crippen molar-refractivity contribution in [2.24, 2.45) is 11.8 Å². The molecule has 2 rings (SSSR count). The van der Waals surface area contributed by atoms with Crippen LogP contribution in [0.5, 0.6) is 0 Å². The summed E-state index contributed by atoms with van der Waals surface area (Å²) in [6, 6.07) is 3.92. The van der Waals surface area contributed by atoms with Gasteiger partial charge in [-0.3, -0.25) is 4.79 Å². The summed E-state index contributed by atoms with van der Waals surface area (Å²) in [6.07, 6.45) is 4.17. The van der Waals surface area contributed by atoms with Crippen LogP contribution >= 0.6 is 0 Å². The predicted octanol–water partition coefficient (Wildman–Crippen LogP) is 2.51. The maximum Gasteiger partial charge on any atom is 0.253 e. The molecule has 1 aromatic heterocycles. The Bertz CT molecular complexity index is 464. The fourth-order valence-corrected chi connectivity index (χ4v) is 3.13. The molecule has 0 aliphatic heterocycles. The van der Waals surface area contributed by atoms with Crippen LogP contribution in [0.15, 0.2) is 23.1 Å². The highest BCUT2D eigenvalue weighted by molar-refractivity contribution is 5.09. The largest absolute Gasteiger partial charge is 0.393 e. The zero-order chi connectivity index (χ0) is 13.3. The number of nitrogens with zero attached hydrogens (tertiary/aromatic N) is 1. The summed E-state index contributed by atoms with van der Waals surface area (Å²) in [5.41, 5.74) is 0.863. The third-order valence-electron chi connectivity index (χ3n) is 4.22. The average Bonchev–Trinajstić information content (AvgIpc) is 2.32. The number of aliphatic hydroxyl groups is 1. The molecule has 1 aliphatic rings. The first-order valence-corrected chi connectivity index (χ1v) is 6.86. The Kier molecular flexibility index (Phi) is 3.91. The van der Waals surface area contributed by atoms with Crippen LogP contribution in [-0.4, -0.2) is 15.8 Å². The van der Waals surface area contributed by atoms with Crippen LogP contribution in [0, 0.1) is 18.8 Å². The van der Waals surface area contributed by atoms with Gasteiger partial charge in [-0.05, 0) is 44.1 Å². The van der Waals surface area contributed by atoms with Gasteiger partial charge < -0.3 is 9.67 Å². The first-order valence-electron chi connectivity index (χ1n) is 6.86. The maximum atomic E-state index is 12.2. The standard InChI is InChI=1S/C15H23NO2/c1-10(2)13-7-6-12(17)9-14(13)16-8-4-5-11(3)15(16)18/h4-5,8,10,12-14,17H,6-7,9H2,1-3H3. The quantitative estimate of drug-likeness (QED) is 0.875. The Balaban J connectivity index is 2.38. The predicted molar refractivity (Wildman–Crippen MR) is 72.7 cm³/mol. The monoisotopic (exact) mass is 249 g/mol. The first-order chi connectivity index (χ1) is 8.50. The second-order valence-corrected chi connectivity index (χ2v) is 5.85. The molecule has 1 heterocycles. The van der Waals surface area contributed by atoms with Crippen LogP contribution in [0.4, 0.5) is 0 Å². The van der Waals surface area contributed by atoms with Crippen molar-refractivity contribution in [1.29, 1.82) is 0 Å². The van der Waals surface area contributed by atoms with Crippen LogP contribution in [0.1, 0.15) is 44.7 Å². The minimum absolute atomic E-state index is 0.0854. The molecule has 3 nitrogen and oxygen atoms in total. The van der Waals surface area contributed by atoms with Gasteiger partial charge in [-0.25, -0.2) is 0 Å². The summed E-state index contributed by atoms with van der Waals surface area (Å²) in [5, 5.41) is 9.89. The van der Waals surface area contributed by atoms with Crippen LogP contribution in [0.2, 0.25) is 0 Å². The number of rotatable bonds is 2. The summed E-state index contributed by atoms with van der Waals surface area (Å²) in [5.74, 6) is 1.02. The molecule has 0 spiro atoms. The highest BCUT2D eigenvalue weighted by atomic mass is 16.3. The van der Waals surface area contributed by atoms with Gasteiger partial charge in [0.1, 0.15) is 0 Å². The summed E-state index contributed by atoms with van der Waals surface area (Å²) in [4.78, 5) is 12.2. The van der Waals surface area contributed by atoms with Crippen molar-refractivity contribution in [1.82, 2.24) is 4.57 Å². The number of hydrogen-bond donors (Lipinski definition) is 1. The van der Waals surface area contributed by atoms with E-state index in [-0.39, 0.29) is 17.7 Å². The molecule has 0 amide bonds. The van der Waals surface area contributed by atoms with Crippen molar-refractivity contribution in [2.45, 2.75) is 52.2 Å². The first kappa shape index (κ1) is 13.3. The van der Waals surface area contributed by atoms with Crippen molar-refractivity contribution in [3.05, 3.63) is 34.2 Å². The second-order valence-electron chi connectivity index (χ2n) is 5.85. The van der Waals surface area contributed by atoms with E-state index >= 15 is 0 Å². The van der Waals surface area contributed by atoms with E-state index in [1.54, 1.807) is 0 Å². The van der Waals surface area contributed by atoms with E-state index in [9.17, 15) is 9.90 Å².